The van der Waals surface area contributed by atoms with E-state index < -0.39 is 17.6 Å². The minimum Gasteiger partial charge on any atom is -0.369 e. The molecule has 27 heavy (non-hydrogen) atoms. The number of carbonyl (C=O) groups excluding carboxylic acids is 2. The highest BCUT2D eigenvalue weighted by Gasteiger charge is 2.33. The Labute approximate surface area is 154 Å². The molecule has 2 amide bonds. The number of carbonyl (C=O) groups is 2. The second kappa shape index (κ2) is 7.21. The maximum atomic E-state index is 13.1. The number of alkyl halides is 3. The van der Waals surface area contributed by atoms with E-state index >= 15 is 0 Å². The van der Waals surface area contributed by atoms with Gasteiger partial charge in [-0.15, -0.1) is 0 Å². The van der Waals surface area contributed by atoms with Crippen molar-refractivity contribution < 1.29 is 22.8 Å². The molecular formula is C18H21F3N4O2. The van der Waals surface area contributed by atoms with Crippen molar-refractivity contribution in [2.45, 2.75) is 38.8 Å². The van der Waals surface area contributed by atoms with E-state index in [9.17, 15) is 22.8 Å². The van der Waals surface area contributed by atoms with Crippen molar-refractivity contribution in [1.29, 1.82) is 0 Å². The van der Waals surface area contributed by atoms with Crippen molar-refractivity contribution in [3.8, 4) is 0 Å². The number of halogens is 3. The van der Waals surface area contributed by atoms with Crippen molar-refractivity contribution in [3.05, 3.63) is 35.3 Å². The summed E-state index contributed by atoms with van der Waals surface area (Å²) in [7, 11) is 0. The number of primary amides is 1. The maximum Gasteiger partial charge on any atom is 0.417 e. The lowest BCUT2D eigenvalue weighted by atomic mass is 9.96. The molecule has 0 bridgehead atoms. The van der Waals surface area contributed by atoms with E-state index in [1.54, 1.807) is 4.90 Å². The minimum atomic E-state index is -4.51. The molecule has 2 aromatic heterocycles. The summed E-state index contributed by atoms with van der Waals surface area (Å²) < 4.78 is 40.5. The number of hydrogen-bond donors (Lipinski definition) is 1. The van der Waals surface area contributed by atoms with Gasteiger partial charge in [0.15, 0.2) is 0 Å². The Kier molecular flexibility index (Phi) is 5.12. The van der Waals surface area contributed by atoms with Crippen LogP contribution in [0.2, 0.25) is 0 Å². The molecule has 0 atom stereocenters. The number of aromatic nitrogens is 2. The van der Waals surface area contributed by atoms with Gasteiger partial charge in [-0.3, -0.25) is 14.0 Å². The van der Waals surface area contributed by atoms with Crippen LogP contribution in [0.1, 0.15) is 47.9 Å². The Balaban J connectivity index is 1.99. The van der Waals surface area contributed by atoms with Crippen LogP contribution in [0.3, 0.4) is 0 Å². The van der Waals surface area contributed by atoms with E-state index in [1.807, 2.05) is 6.92 Å². The fourth-order valence-corrected chi connectivity index (χ4v) is 3.42. The Hall–Kier alpha value is -2.58. The summed E-state index contributed by atoms with van der Waals surface area (Å²) in [6.07, 6.45) is -1.49. The van der Waals surface area contributed by atoms with Gasteiger partial charge in [-0.2, -0.15) is 13.2 Å². The van der Waals surface area contributed by atoms with Gasteiger partial charge in [-0.25, -0.2) is 4.98 Å². The molecule has 0 unspecified atom stereocenters. The quantitative estimate of drug-likeness (QED) is 0.883. The smallest absolute Gasteiger partial charge is 0.369 e. The molecule has 6 nitrogen and oxygen atoms in total. The number of amides is 2. The molecule has 146 valence electrons. The van der Waals surface area contributed by atoms with E-state index in [1.165, 1.54) is 10.5 Å². The third-order valence-electron chi connectivity index (χ3n) is 4.89. The number of hydrogen-bond acceptors (Lipinski definition) is 3. The van der Waals surface area contributed by atoms with Gasteiger partial charge >= 0.3 is 6.18 Å². The maximum absolute atomic E-state index is 13.1. The highest BCUT2D eigenvalue weighted by molar-refractivity contribution is 5.95. The normalized spacial score (nSPS) is 16.1. The molecule has 1 fully saturated rings. The molecule has 1 aliphatic rings. The van der Waals surface area contributed by atoms with E-state index in [-0.39, 0.29) is 17.5 Å². The monoisotopic (exact) mass is 382 g/mol. The van der Waals surface area contributed by atoms with E-state index in [4.69, 9.17) is 5.73 Å². The van der Waals surface area contributed by atoms with Gasteiger partial charge in [-0.05, 0) is 31.4 Å². The van der Waals surface area contributed by atoms with Crippen molar-refractivity contribution in [1.82, 2.24) is 14.3 Å². The molecule has 1 aliphatic heterocycles. The van der Waals surface area contributed by atoms with Crippen LogP contribution < -0.4 is 5.73 Å². The van der Waals surface area contributed by atoms with Crippen LogP contribution in [0.5, 0.6) is 0 Å². The fourth-order valence-electron chi connectivity index (χ4n) is 3.42. The standard InChI is InChI=1S/C18H21F3N4O2/c1-2-3-13-15(17(27)24-8-6-11(7-9-24)16(22)26)25-10-12(18(19,20)21)4-5-14(25)23-13/h4-5,10-11H,2-3,6-9H2,1H3,(H2,22,26). The molecule has 2 N–H and O–H groups in total. The van der Waals surface area contributed by atoms with Gasteiger partial charge in [0.25, 0.3) is 5.91 Å². The molecule has 2 aromatic rings. The summed E-state index contributed by atoms with van der Waals surface area (Å²) in [5, 5.41) is 0. The van der Waals surface area contributed by atoms with Crippen LogP contribution in [0, 0.1) is 5.92 Å². The number of aryl methyl sites for hydroxylation is 1. The van der Waals surface area contributed by atoms with Crippen molar-refractivity contribution in [2.75, 3.05) is 13.1 Å². The summed E-state index contributed by atoms with van der Waals surface area (Å²) in [5.74, 6) is -1.03. The number of nitrogens with two attached hydrogens (primary N) is 1. The largest absolute Gasteiger partial charge is 0.417 e. The van der Waals surface area contributed by atoms with Crippen LogP contribution in [-0.4, -0.2) is 39.2 Å². The highest BCUT2D eigenvalue weighted by atomic mass is 19.4. The first kappa shape index (κ1) is 19.2. The summed E-state index contributed by atoms with van der Waals surface area (Å²) in [6.45, 7) is 2.59. The average Bonchev–Trinajstić information content (AvgIpc) is 2.98. The third kappa shape index (κ3) is 3.77. The SMILES string of the molecule is CCCc1nc2ccc(C(F)(F)F)cn2c1C(=O)N1CCC(C(N)=O)CC1. The zero-order valence-electron chi connectivity index (χ0n) is 14.9. The first-order valence-electron chi connectivity index (χ1n) is 8.89. The van der Waals surface area contributed by atoms with E-state index in [0.29, 0.717) is 50.1 Å². The fraction of sp³-hybridized carbons (Fsp3) is 0.500. The van der Waals surface area contributed by atoms with Crippen molar-refractivity contribution in [2.24, 2.45) is 11.7 Å². The molecule has 1 saturated heterocycles. The summed E-state index contributed by atoms with van der Waals surface area (Å²) >= 11 is 0. The van der Waals surface area contributed by atoms with Crippen molar-refractivity contribution in [3.63, 3.8) is 0 Å². The number of rotatable bonds is 4. The number of piperidine rings is 1. The second-order valence-electron chi connectivity index (χ2n) is 6.77. The van der Waals surface area contributed by atoms with Crippen molar-refractivity contribution >= 4 is 17.5 Å². The average molecular weight is 382 g/mol. The van der Waals surface area contributed by atoms with Crippen LogP contribution in [0.15, 0.2) is 18.3 Å². The molecule has 0 saturated carbocycles. The van der Waals surface area contributed by atoms with Gasteiger partial charge < -0.3 is 10.6 Å². The molecule has 0 spiro atoms. The topological polar surface area (TPSA) is 80.7 Å². The summed E-state index contributed by atoms with van der Waals surface area (Å²) in [4.78, 5) is 30.3. The number of pyridine rings is 1. The molecule has 3 heterocycles. The minimum absolute atomic E-state index is 0.162. The van der Waals surface area contributed by atoms with Gasteiger partial charge in [0.05, 0.1) is 11.3 Å². The number of likely N-dealkylation sites (tertiary alicyclic amines) is 1. The first-order valence-corrected chi connectivity index (χ1v) is 8.89. The van der Waals surface area contributed by atoms with E-state index in [2.05, 4.69) is 4.98 Å². The summed E-state index contributed by atoms with van der Waals surface area (Å²) in [6, 6.07) is 2.24. The molecular weight excluding hydrogens is 361 g/mol. The Morgan fingerprint density at radius 3 is 2.48 bits per heavy atom. The highest BCUT2D eigenvalue weighted by Crippen LogP contribution is 2.30. The second-order valence-corrected chi connectivity index (χ2v) is 6.77. The number of fused-ring (bicyclic) bond motifs is 1. The van der Waals surface area contributed by atoms with E-state index in [0.717, 1.165) is 12.3 Å². The van der Waals surface area contributed by atoms with Gasteiger partial charge in [-0.1, -0.05) is 13.3 Å². The number of nitrogens with zero attached hydrogens (tertiary/aromatic N) is 3. The predicted molar refractivity (Wildman–Crippen MR) is 92.0 cm³/mol. The van der Waals surface area contributed by atoms with Gasteiger partial charge in [0.1, 0.15) is 11.3 Å². The molecule has 0 aromatic carbocycles. The van der Waals surface area contributed by atoms with Crippen LogP contribution in [0.25, 0.3) is 5.65 Å². The Bertz CT molecular complexity index is 867. The summed E-state index contributed by atoms with van der Waals surface area (Å²) in [5.41, 5.74) is 5.43. The predicted octanol–water partition coefficient (Wildman–Crippen LogP) is 2.64. The zero-order chi connectivity index (χ0) is 19.8. The molecule has 3 rings (SSSR count). The Morgan fingerprint density at radius 1 is 1.26 bits per heavy atom. The van der Waals surface area contributed by atoms with Gasteiger partial charge in [0, 0.05) is 25.2 Å². The van der Waals surface area contributed by atoms with Crippen LogP contribution in [-0.2, 0) is 17.4 Å². The number of imidazole rings is 1. The lowest BCUT2D eigenvalue weighted by Crippen LogP contribution is -2.42. The molecule has 0 aliphatic carbocycles. The molecule has 9 heteroatoms. The zero-order valence-corrected chi connectivity index (χ0v) is 14.9. The third-order valence-corrected chi connectivity index (χ3v) is 4.89. The first-order chi connectivity index (χ1) is 12.7. The van der Waals surface area contributed by atoms with Crippen LogP contribution in [0.4, 0.5) is 13.2 Å². The van der Waals surface area contributed by atoms with Crippen LogP contribution >= 0.6 is 0 Å². The lowest BCUT2D eigenvalue weighted by Gasteiger charge is -2.30. The molecule has 0 radical (unpaired) electrons. The van der Waals surface area contributed by atoms with Gasteiger partial charge in [0.2, 0.25) is 5.91 Å². The Morgan fingerprint density at radius 2 is 1.93 bits per heavy atom. The lowest BCUT2D eigenvalue weighted by molar-refractivity contribution is -0.137.